The molecule has 0 radical (unpaired) electrons. The average Bonchev–Trinajstić information content (AvgIpc) is 3.64. The lowest BCUT2D eigenvalue weighted by molar-refractivity contribution is 0.760. The Balaban J connectivity index is 1.14. The normalized spacial score (nSPS) is 13.7. The van der Waals surface area contributed by atoms with Crippen molar-refractivity contribution in [3.05, 3.63) is 223 Å². The molecule has 0 amide bonds. The van der Waals surface area contributed by atoms with Gasteiger partial charge in [-0.25, -0.2) is 0 Å². The number of rotatable bonds is 6. The molecular formula is C56H39N3. The Morgan fingerprint density at radius 2 is 1.02 bits per heavy atom. The highest BCUT2D eigenvalue weighted by molar-refractivity contribution is 6.10. The van der Waals surface area contributed by atoms with Crippen LogP contribution in [0.2, 0.25) is 0 Å². The summed E-state index contributed by atoms with van der Waals surface area (Å²) in [5, 5.41) is 6.47. The van der Waals surface area contributed by atoms with Gasteiger partial charge in [0, 0.05) is 39.1 Å². The topological polar surface area (TPSA) is 20.2 Å². The molecule has 59 heavy (non-hydrogen) atoms. The van der Waals surface area contributed by atoms with Gasteiger partial charge in [-0.3, -0.25) is 0 Å². The molecule has 12 rings (SSSR count). The highest BCUT2D eigenvalue weighted by Gasteiger charge is 2.34. The molecule has 10 aromatic rings. The van der Waals surface area contributed by atoms with E-state index in [1.807, 2.05) is 0 Å². The molecule has 2 heterocycles. The number of aromatic nitrogens is 1. The first-order valence-corrected chi connectivity index (χ1v) is 20.5. The van der Waals surface area contributed by atoms with E-state index in [0.29, 0.717) is 0 Å². The summed E-state index contributed by atoms with van der Waals surface area (Å²) in [7, 11) is 0. The first kappa shape index (κ1) is 33.5. The predicted octanol–water partition coefficient (Wildman–Crippen LogP) is 14.9. The van der Waals surface area contributed by atoms with Crippen LogP contribution in [0.1, 0.15) is 17.2 Å². The van der Waals surface area contributed by atoms with E-state index in [9.17, 15) is 0 Å². The van der Waals surface area contributed by atoms with Crippen molar-refractivity contribution in [2.75, 3.05) is 10.2 Å². The van der Waals surface area contributed by atoms with Crippen molar-refractivity contribution in [1.29, 1.82) is 0 Å². The third-order valence-electron chi connectivity index (χ3n) is 12.4. The van der Waals surface area contributed by atoms with Gasteiger partial charge in [0.15, 0.2) is 0 Å². The first-order chi connectivity index (χ1) is 29.3. The number of hydrogen-bond acceptors (Lipinski definition) is 2. The standard InChI is InChI=1S/C56H39N3/c1-4-16-37(17-5-1)39-32-40(38-18-6-2-7-19-38)34-43(33-39)58(42-30-31-47-46-23-11-13-28-53(46)59(55(47)35-42)41-20-8-3-9-21-41)54-29-15-24-44-48-25-14-26-49-45-22-10-12-27-51(45)57-52(56(48)49)36-50(44)54/h1-35,52,57H,36H2. The highest BCUT2D eigenvalue weighted by atomic mass is 15.1. The Morgan fingerprint density at radius 3 is 1.78 bits per heavy atom. The monoisotopic (exact) mass is 753 g/mol. The summed E-state index contributed by atoms with van der Waals surface area (Å²) in [6.45, 7) is 0. The van der Waals surface area contributed by atoms with Crippen molar-refractivity contribution in [1.82, 2.24) is 4.57 Å². The Hall–Kier alpha value is -7.62. The predicted molar refractivity (Wildman–Crippen MR) is 247 cm³/mol. The molecule has 1 N–H and O–H groups in total. The lowest BCUT2D eigenvalue weighted by atomic mass is 9.76. The Bertz CT molecular complexity index is 3160. The van der Waals surface area contributed by atoms with Gasteiger partial charge in [-0.05, 0) is 117 Å². The lowest BCUT2D eigenvalue weighted by Crippen LogP contribution is -2.25. The third-order valence-corrected chi connectivity index (χ3v) is 12.4. The van der Waals surface area contributed by atoms with E-state index >= 15 is 0 Å². The van der Waals surface area contributed by atoms with Crippen molar-refractivity contribution in [2.45, 2.75) is 12.5 Å². The van der Waals surface area contributed by atoms with E-state index in [1.165, 1.54) is 88.8 Å². The number of benzene rings is 9. The fourth-order valence-corrected chi connectivity index (χ4v) is 9.84. The smallest absolute Gasteiger partial charge is 0.0567 e. The summed E-state index contributed by atoms with van der Waals surface area (Å²) in [5.41, 5.74) is 20.8. The second-order valence-electron chi connectivity index (χ2n) is 15.7. The van der Waals surface area contributed by atoms with E-state index in [-0.39, 0.29) is 6.04 Å². The number of nitrogens with zero attached hydrogens (tertiary/aromatic N) is 2. The van der Waals surface area contributed by atoms with E-state index in [2.05, 4.69) is 227 Å². The molecule has 0 bridgehead atoms. The minimum Gasteiger partial charge on any atom is -0.377 e. The van der Waals surface area contributed by atoms with Gasteiger partial charge in [-0.1, -0.05) is 152 Å². The summed E-state index contributed by atoms with van der Waals surface area (Å²) in [4.78, 5) is 2.52. The van der Waals surface area contributed by atoms with Gasteiger partial charge in [0.2, 0.25) is 0 Å². The van der Waals surface area contributed by atoms with Crippen LogP contribution in [0.15, 0.2) is 212 Å². The molecule has 1 atom stereocenters. The quantitative estimate of drug-likeness (QED) is 0.182. The van der Waals surface area contributed by atoms with Crippen LogP contribution in [0.3, 0.4) is 0 Å². The van der Waals surface area contributed by atoms with Gasteiger partial charge < -0.3 is 14.8 Å². The van der Waals surface area contributed by atoms with E-state index < -0.39 is 0 Å². The number of nitrogens with one attached hydrogen (secondary N) is 1. The molecule has 0 spiro atoms. The zero-order valence-corrected chi connectivity index (χ0v) is 32.4. The van der Waals surface area contributed by atoms with Crippen LogP contribution in [-0.2, 0) is 6.42 Å². The maximum Gasteiger partial charge on any atom is 0.0567 e. The lowest BCUT2D eigenvalue weighted by Gasteiger charge is -2.38. The number of fused-ring (bicyclic) bond motifs is 7. The minimum absolute atomic E-state index is 0.144. The Labute approximate surface area is 344 Å². The molecule has 0 saturated heterocycles. The van der Waals surface area contributed by atoms with Gasteiger partial charge in [-0.2, -0.15) is 0 Å². The maximum absolute atomic E-state index is 3.99. The highest BCUT2D eigenvalue weighted by Crippen LogP contribution is 2.53. The summed E-state index contributed by atoms with van der Waals surface area (Å²) < 4.78 is 2.42. The van der Waals surface area contributed by atoms with Crippen molar-refractivity contribution < 1.29 is 0 Å². The van der Waals surface area contributed by atoms with Crippen LogP contribution in [0, 0.1) is 0 Å². The van der Waals surface area contributed by atoms with Gasteiger partial charge in [0.05, 0.1) is 22.8 Å². The molecule has 278 valence electrons. The molecule has 1 unspecified atom stereocenters. The zero-order valence-electron chi connectivity index (χ0n) is 32.4. The van der Waals surface area contributed by atoms with Crippen LogP contribution in [0.4, 0.5) is 22.7 Å². The first-order valence-electron chi connectivity index (χ1n) is 20.5. The van der Waals surface area contributed by atoms with Crippen LogP contribution in [-0.4, -0.2) is 4.57 Å². The van der Waals surface area contributed by atoms with Crippen molar-refractivity contribution >= 4 is 44.6 Å². The zero-order chi connectivity index (χ0) is 38.9. The molecule has 9 aromatic carbocycles. The fraction of sp³-hybridized carbons (Fsp3) is 0.0357. The van der Waals surface area contributed by atoms with Gasteiger partial charge in [-0.15, -0.1) is 0 Å². The summed E-state index contributed by atoms with van der Waals surface area (Å²) >= 11 is 0. The largest absolute Gasteiger partial charge is 0.377 e. The summed E-state index contributed by atoms with van der Waals surface area (Å²) in [5.74, 6) is 0. The molecule has 1 aliphatic carbocycles. The second kappa shape index (κ2) is 13.5. The van der Waals surface area contributed by atoms with Crippen molar-refractivity contribution in [3.63, 3.8) is 0 Å². The number of hydrogen-bond donors (Lipinski definition) is 1. The molecule has 0 saturated carbocycles. The molecular weight excluding hydrogens is 715 g/mol. The van der Waals surface area contributed by atoms with Crippen LogP contribution < -0.4 is 10.2 Å². The molecule has 0 fully saturated rings. The molecule has 1 aliphatic heterocycles. The molecule has 2 aliphatic rings. The molecule has 3 heteroatoms. The SMILES string of the molecule is c1ccc(-c2cc(-c3ccccc3)cc(N(c3ccc4c5ccccc5n(-c5ccccc5)c4c3)c3cccc4c3CC3Nc5ccccc5-c5cccc-4c53)c2)cc1. The van der Waals surface area contributed by atoms with Crippen LogP contribution in [0.5, 0.6) is 0 Å². The van der Waals surface area contributed by atoms with Gasteiger partial charge in [0.1, 0.15) is 0 Å². The molecule has 3 nitrogen and oxygen atoms in total. The van der Waals surface area contributed by atoms with E-state index in [0.717, 1.165) is 23.5 Å². The number of anilines is 4. The fourth-order valence-electron chi connectivity index (χ4n) is 9.84. The Morgan fingerprint density at radius 1 is 0.424 bits per heavy atom. The number of para-hydroxylation sites is 3. The van der Waals surface area contributed by atoms with Crippen molar-refractivity contribution in [3.8, 4) is 50.2 Å². The summed E-state index contributed by atoms with van der Waals surface area (Å²) in [6, 6.07) is 77.9. The maximum atomic E-state index is 3.99. The molecule has 1 aromatic heterocycles. The van der Waals surface area contributed by atoms with E-state index in [4.69, 9.17) is 0 Å². The summed E-state index contributed by atoms with van der Waals surface area (Å²) in [6.07, 6.45) is 0.858. The van der Waals surface area contributed by atoms with Gasteiger partial charge >= 0.3 is 0 Å². The average molecular weight is 754 g/mol. The van der Waals surface area contributed by atoms with E-state index in [1.54, 1.807) is 0 Å². The second-order valence-corrected chi connectivity index (χ2v) is 15.7. The van der Waals surface area contributed by atoms with Crippen molar-refractivity contribution in [2.24, 2.45) is 0 Å². The van der Waals surface area contributed by atoms with Crippen LogP contribution >= 0.6 is 0 Å². The Kier molecular flexibility index (Phi) is 7.67. The van der Waals surface area contributed by atoms with Gasteiger partial charge in [0.25, 0.3) is 0 Å². The third kappa shape index (κ3) is 5.43. The van der Waals surface area contributed by atoms with Crippen LogP contribution in [0.25, 0.3) is 72.0 Å². The minimum atomic E-state index is 0.144.